The van der Waals surface area contributed by atoms with E-state index in [-0.39, 0.29) is 0 Å². The normalized spacial score (nSPS) is 11.9. The number of hydrogen-bond donors (Lipinski definition) is 1. The van der Waals surface area contributed by atoms with Crippen molar-refractivity contribution in [1.29, 1.82) is 0 Å². The maximum absolute atomic E-state index is 5.16. The number of H-pyrrole nitrogens is 1. The number of nitrogens with one attached hydrogen (secondary N) is 1. The molecule has 0 saturated heterocycles. The van der Waals surface area contributed by atoms with E-state index in [0.29, 0.717) is 0 Å². The molecular weight excluding hydrogens is 621 g/mol. The van der Waals surface area contributed by atoms with Gasteiger partial charge >= 0.3 is 0 Å². The van der Waals surface area contributed by atoms with Crippen molar-refractivity contribution in [2.75, 3.05) is 0 Å². The molecule has 0 aliphatic rings. The maximum atomic E-state index is 5.16. The van der Waals surface area contributed by atoms with Crippen LogP contribution < -0.4 is 0 Å². The predicted octanol–water partition coefficient (Wildman–Crippen LogP) is 12.2. The summed E-state index contributed by atoms with van der Waals surface area (Å²) in [6.07, 6.45) is 4.28. The Kier molecular flexibility index (Phi) is 5.92. The second-order valence-electron chi connectivity index (χ2n) is 13.3. The molecule has 4 heterocycles. The smallest absolute Gasteiger partial charge is 0.0730 e. The first-order chi connectivity index (χ1) is 25.3. The van der Waals surface area contributed by atoms with E-state index in [4.69, 9.17) is 4.98 Å². The molecule has 0 fully saturated rings. The van der Waals surface area contributed by atoms with Crippen LogP contribution in [0.15, 0.2) is 176 Å². The Labute approximate surface area is 293 Å². The van der Waals surface area contributed by atoms with Crippen molar-refractivity contribution in [2.24, 2.45) is 0 Å². The highest BCUT2D eigenvalue weighted by atomic mass is 15.0. The van der Waals surface area contributed by atoms with Crippen molar-refractivity contribution in [1.82, 2.24) is 19.1 Å². The molecule has 238 valence electrons. The van der Waals surface area contributed by atoms with Crippen LogP contribution >= 0.6 is 0 Å². The van der Waals surface area contributed by atoms with Crippen molar-refractivity contribution >= 4 is 65.2 Å². The van der Waals surface area contributed by atoms with Crippen molar-refractivity contribution in [3.63, 3.8) is 0 Å². The van der Waals surface area contributed by atoms with Crippen LogP contribution in [0.1, 0.15) is 0 Å². The quantitative estimate of drug-likeness (QED) is 0.202. The second kappa shape index (κ2) is 10.8. The van der Waals surface area contributed by atoms with Gasteiger partial charge < -0.3 is 14.1 Å². The number of para-hydroxylation sites is 1. The molecule has 0 bridgehead atoms. The van der Waals surface area contributed by atoms with Gasteiger partial charge in [0.15, 0.2) is 0 Å². The van der Waals surface area contributed by atoms with E-state index in [9.17, 15) is 0 Å². The highest BCUT2D eigenvalue weighted by Crippen LogP contribution is 2.41. The van der Waals surface area contributed by atoms with Crippen molar-refractivity contribution < 1.29 is 0 Å². The van der Waals surface area contributed by atoms with E-state index in [1.54, 1.807) is 0 Å². The van der Waals surface area contributed by atoms with Gasteiger partial charge in [0.1, 0.15) is 0 Å². The highest BCUT2D eigenvalue weighted by Gasteiger charge is 2.19. The molecule has 11 rings (SSSR count). The summed E-state index contributed by atoms with van der Waals surface area (Å²) in [7, 11) is 0. The second-order valence-corrected chi connectivity index (χ2v) is 13.3. The van der Waals surface area contributed by atoms with Crippen LogP contribution in [-0.2, 0) is 0 Å². The lowest BCUT2D eigenvalue weighted by Crippen LogP contribution is -1.98. The molecule has 4 aromatic heterocycles. The monoisotopic (exact) mass is 650 g/mol. The zero-order valence-corrected chi connectivity index (χ0v) is 27.6. The first kappa shape index (κ1) is 28.0. The molecule has 0 spiro atoms. The minimum Gasteiger partial charge on any atom is -0.361 e. The average Bonchev–Trinajstić information content (AvgIpc) is 3.95. The number of aromatic nitrogens is 4. The molecule has 0 atom stereocenters. The van der Waals surface area contributed by atoms with Crippen LogP contribution in [0.5, 0.6) is 0 Å². The standard InChI is InChI=1S/C47H30N4/c1-3-12-31(13-4-1)42-28-34(29-43(49-42)32-14-5-2-6-15-32)50-26-24-39-41-27-33(20-22-37(41)45-40(46(39)50)23-25-48-45)51-44-18-10-9-17-36(44)38-21-19-30-11-7-8-16-35(30)47(38)51/h1-29,48H. The minimum atomic E-state index is 0.945. The van der Waals surface area contributed by atoms with Gasteiger partial charge in [-0.15, -0.1) is 0 Å². The molecule has 4 heteroatoms. The fraction of sp³-hybridized carbons (Fsp3) is 0. The first-order valence-corrected chi connectivity index (χ1v) is 17.4. The van der Waals surface area contributed by atoms with Crippen molar-refractivity contribution in [2.45, 2.75) is 0 Å². The van der Waals surface area contributed by atoms with E-state index in [2.05, 4.69) is 190 Å². The Hall–Kier alpha value is -6.91. The van der Waals surface area contributed by atoms with Crippen LogP contribution in [-0.4, -0.2) is 19.1 Å². The summed E-state index contributed by atoms with van der Waals surface area (Å²) in [6, 6.07) is 58.8. The van der Waals surface area contributed by atoms with Crippen LogP contribution in [0, 0.1) is 0 Å². The minimum absolute atomic E-state index is 0.945. The van der Waals surface area contributed by atoms with Crippen LogP contribution in [0.4, 0.5) is 0 Å². The molecule has 0 amide bonds. The summed E-state index contributed by atoms with van der Waals surface area (Å²) in [6.45, 7) is 0. The predicted molar refractivity (Wildman–Crippen MR) is 213 cm³/mol. The average molecular weight is 651 g/mol. The topological polar surface area (TPSA) is 38.5 Å². The number of pyridine rings is 1. The number of nitrogens with zero attached hydrogens (tertiary/aromatic N) is 3. The van der Waals surface area contributed by atoms with Gasteiger partial charge in [0, 0.05) is 67.2 Å². The number of hydrogen-bond acceptors (Lipinski definition) is 1. The zero-order chi connectivity index (χ0) is 33.5. The third-order valence-electron chi connectivity index (χ3n) is 10.5. The molecule has 0 aliphatic carbocycles. The molecule has 1 N–H and O–H groups in total. The lowest BCUT2D eigenvalue weighted by atomic mass is 10.0. The summed E-state index contributed by atoms with van der Waals surface area (Å²) in [5.74, 6) is 0. The highest BCUT2D eigenvalue weighted by molar-refractivity contribution is 6.25. The molecule has 0 aliphatic heterocycles. The van der Waals surface area contributed by atoms with Gasteiger partial charge in [-0.25, -0.2) is 4.98 Å². The number of fused-ring (bicyclic) bond motifs is 11. The van der Waals surface area contributed by atoms with Crippen LogP contribution in [0.2, 0.25) is 0 Å². The summed E-state index contributed by atoms with van der Waals surface area (Å²) < 4.78 is 4.79. The SMILES string of the molecule is c1ccc(-c2cc(-n3ccc4c5cc(-n6c7ccccc7c7ccc8ccccc8c76)ccc5c5[nH]ccc5c43)cc(-c3ccccc3)n2)cc1. The number of rotatable bonds is 4. The van der Waals surface area contributed by atoms with Gasteiger partial charge in [0.25, 0.3) is 0 Å². The van der Waals surface area contributed by atoms with Crippen LogP contribution in [0.25, 0.3) is 99.0 Å². The van der Waals surface area contributed by atoms with Gasteiger partial charge in [-0.2, -0.15) is 0 Å². The van der Waals surface area contributed by atoms with Gasteiger partial charge in [0.2, 0.25) is 0 Å². The van der Waals surface area contributed by atoms with Crippen molar-refractivity contribution in [3.8, 4) is 33.9 Å². The molecule has 51 heavy (non-hydrogen) atoms. The Balaban J connectivity index is 1.20. The molecule has 0 unspecified atom stereocenters. The Bertz CT molecular complexity index is 3070. The lowest BCUT2D eigenvalue weighted by molar-refractivity contribution is 1.12. The Morgan fingerprint density at radius 3 is 1.88 bits per heavy atom. The molecule has 11 aromatic rings. The molecule has 4 nitrogen and oxygen atoms in total. The Morgan fingerprint density at radius 2 is 1.10 bits per heavy atom. The van der Waals surface area contributed by atoms with Gasteiger partial charge in [-0.05, 0) is 53.2 Å². The molecular formula is C47H30N4. The third kappa shape index (κ3) is 4.17. The van der Waals surface area contributed by atoms with E-state index in [0.717, 1.165) is 39.4 Å². The third-order valence-corrected chi connectivity index (χ3v) is 10.5. The molecule has 7 aromatic carbocycles. The number of aromatic amines is 1. The summed E-state index contributed by atoms with van der Waals surface area (Å²) in [5, 5.41) is 9.84. The fourth-order valence-electron chi connectivity index (χ4n) is 8.21. The van der Waals surface area contributed by atoms with Crippen LogP contribution in [0.3, 0.4) is 0 Å². The van der Waals surface area contributed by atoms with Gasteiger partial charge in [0.05, 0.1) is 33.5 Å². The van der Waals surface area contributed by atoms with E-state index >= 15 is 0 Å². The van der Waals surface area contributed by atoms with E-state index in [1.165, 1.54) is 59.6 Å². The summed E-state index contributed by atoms with van der Waals surface area (Å²) >= 11 is 0. The maximum Gasteiger partial charge on any atom is 0.0730 e. The summed E-state index contributed by atoms with van der Waals surface area (Å²) in [5.41, 5.74) is 11.0. The van der Waals surface area contributed by atoms with E-state index in [1.807, 2.05) is 0 Å². The first-order valence-electron chi connectivity index (χ1n) is 17.4. The molecule has 0 radical (unpaired) electrons. The van der Waals surface area contributed by atoms with Crippen molar-refractivity contribution in [3.05, 3.63) is 176 Å². The largest absolute Gasteiger partial charge is 0.361 e. The number of benzene rings is 7. The fourth-order valence-corrected chi connectivity index (χ4v) is 8.21. The van der Waals surface area contributed by atoms with Gasteiger partial charge in [-0.1, -0.05) is 121 Å². The lowest BCUT2D eigenvalue weighted by Gasteiger charge is -2.14. The van der Waals surface area contributed by atoms with E-state index < -0.39 is 0 Å². The van der Waals surface area contributed by atoms with Gasteiger partial charge in [-0.3, -0.25) is 0 Å². The zero-order valence-electron chi connectivity index (χ0n) is 27.6. The molecule has 0 saturated carbocycles. The summed E-state index contributed by atoms with van der Waals surface area (Å²) in [4.78, 5) is 8.76. The Morgan fingerprint density at radius 1 is 0.431 bits per heavy atom.